The maximum atomic E-state index is 12.4. The third kappa shape index (κ3) is 3.31. The maximum Gasteiger partial charge on any atom is 0.348 e. The molecule has 0 saturated heterocycles. The van der Waals surface area contributed by atoms with Gasteiger partial charge in [0.2, 0.25) is 4.96 Å². The van der Waals surface area contributed by atoms with Crippen molar-refractivity contribution in [3.05, 3.63) is 48.5 Å². The Hall–Kier alpha value is -2.06. The summed E-state index contributed by atoms with van der Waals surface area (Å²) in [6.45, 7) is 4.03. The van der Waals surface area contributed by atoms with E-state index in [9.17, 15) is 9.59 Å². The summed E-state index contributed by atoms with van der Waals surface area (Å²) in [4.78, 5) is 31.1. The van der Waals surface area contributed by atoms with Crippen LogP contribution in [-0.2, 0) is 24.2 Å². The lowest BCUT2D eigenvalue weighted by molar-refractivity contribution is 0.0477. The summed E-state index contributed by atoms with van der Waals surface area (Å²) >= 11 is 2.80. The zero-order valence-corrected chi connectivity index (χ0v) is 16.3. The van der Waals surface area contributed by atoms with E-state index in [2.05, 4.69) is 17.0 Å². The third-order valence-corrected chi connectivity index (χ3v) is 6.80. The maximum absolute atomic E-state index is 12.4. The van der Waals surface area contributed by atoms with Crippen LogP contribution in [0.25, 0.3) is 4.96 Å². The molecule has 0 spiro atoms. The van der Waals surface area contributed by atoms with E-state index < -0.39 is 0 Å². The van der Waals surface area contributed by atoms with Crippen molar-refractivity contribution >= 4 is 33.6 Å². The Labute approximate surface area is 158 Å². The quantitative estimate of drug-likeness (QED) is 0.640. The summed E-state index contributed by atoms with van der Waals surface area (Å²) in [6, 6.07) is 3.42. The Morgan fingerprint density at radius 2 is 2.23 bits per heavy atom. The Kier molecular flexibility index (Phi) is 4.62. The van der Waals surface area contributed by atoms with Crippen molar-refractivity contribution in [1.82, 2.24) is 14.6 Å². The van der Waals surface area contributed by atoms with Crippen LogP contribution in [0.3, 0.4) is 0 Å². The van der Waals surface area contributed by atoms with E-state index in [0.29, 0.717) is 20.5 Å². The SMILES string of the molecule is CC[C@@H]1CCc2sc(C(=O)OCc3nn4c(=O)cc(C)nc4s3)cc2C1. The van der Waals surface area contributed by atoms with E-state index in [1.165, 1.54) is 45.2 Å². The molecule has 0 fully saturated rings. The van der Waals surface area contributed by atoms with Crippen molar-refractivity contribution in [3.63, 3.8) is 0 Å². The second-order valence-electron chi connectivity index (χ2n) is 6.58. The molecular formula is C18H19N3O3S2. The standard InChI is InChI=1S/C18H19N3O3S2/c1-3-11-4-5-13-12(7-11)8-14(25-13)17(23)24-9-15-20-21-16(22)6-10(2)19-18(21)26-15/h6,8,11H,3-5,7,9H2,1-2H3/t11-/m1/s1. The van der Waals surface area contributed by atoms with Crippen LogP contribution in [0.4, 0.5) is 0 Å². The molecule has 0 radical (unpaired) electrons. The number of nitrogens with zero attached hydrogens (tertiary/aromatic N) is 3. The molecule has 3 aromatic heterocycles. The van der Waals surface area contributed by atoms with Crippen LogP contribution in [0.15, 0.2) is 16.9 Å². The number of ether oxygens (including phenoxy) is 1. The predicted octanol–water partition coefficient (Wildman–Crippen LogP) is 3.39. The van der Waals surface area contributed by atoms with Gasteiger partial charge in [-0.2, -0.15) is 9.61 Å². The van der Waals surface area contributed by atoms with Gasteiger partial charge in [-0.15, -0.1) is 11.3 Å². The lowest BCUT2D eigenvalue weighted by Gasteiger charge is -2.19. The van der Waals surface area contributed by atoms with Gasteiger partial charge >= 0.3 is 5.97 Å². The van der Waals surface area contributed by atoms with Crippen molar-refractivity contribution in [2.24, 2.45) is 5.92 Å². The second kappa shape index (κ2) is 6.92. The van der Waals surface area contributed by atoms with Crippen LogP contribution in [0.2, 0.25) is 0 Å². The number of carbonyl (C=O) groups excluding carboxylic acids is 1. The number of hydrogen-bond acceptors (Lipinski definition) is 7. The molecule has 1 aliphatic carbocycles. The third-order valence-electron chi connectivity index (χ3n) is 4.71. The summed E-state index contributed by atoms with van der Waals surface area (Å²) < 4.78 is 6.67. The van der Waals surface area contributed by atoms with E-state index >= 15 is 0 Å². The first kappa shape index (κ1) is 17.4. The average molecular weight is 390 g/mol. The van der Waals surface area contributed by atoms with Crippen LogP contribution in [0.5, 0.6) is 0 Å². The highest BCUT2D eigenvalue weighted by Crippen LogP contribution is 2.33. The minimum Gasteiger partial charge on any atom is -0.454 e. The highest BCUT2D eigenvalue weighted by Gasteiger charge is 2.23. The van der Waals surface area contributed by atoms with Gasteiger partial charge in [0.15, 0.2) is 5.01 Å². The predicted molar refractivity (Wildman–Crippen MR) is 101 cm³/mol. The molecule has 3 heterocycles. The molecule has 3 aromatic rings. The highest BCUT2D eigenvalue weighted by molar-refractivity contribution is 7.16. The summed E-state index contributed by atoms with van der Waals surface area (Å²) in [5.74, 6) is 0.395. The second-order valence-corrected chi connectivity index (χ2v) is 8.76. The number of fused-ring (bicyclic) bond motifs is 2. The summed E-state index contributed by atoms with van der Waals surface area (Å²) in [7, 11) is 0. The van der Waals surface area contributed by atoms with Gasteiger partial charge in [0.1, 0.15) is 11.5 Å². The molecule has 1 aliphatic rings. The Morgan fingerprint density at radius 1 is 1.38 bits per heavy atom. The van der Waals surface area contributed by atoms with Crippen LogP contribution in [-0.4, -0.2) is 20.6 Å². The van der Waals surface area contributed by atoms with Crippen LogP contribution in [0.1, 0.15) is 50.6 Å². The molecule has 136 valence electrons. The van der Waals surface area contributed by atoms with Gasteiger partial charge in [0.05, 0.1) is 0 Å². The molecule has 0 saturated carbocycles. The van der Waals surface area contributed by atoms with E-state index in [1.54, 1.807) is 18.3 Å². The average Bonchev–Trinajstić information content (AvgIpc) is 3.22. The van der Waals surface area contributed by atoms with Gasteiger partial charge < -0.3 is 4.74 Å². The lowest BCUT2D eigenvalue weighted by atomic mass is 9.87. The smallest absolute Gasteiger partial charge is 0.348 e. The van der Waals surface area contributed by atoms with Crippen molar-refractivity contribution in [2.75, 3.05) is 0 Å². The molecule has 4 rings (SSSR count). The zero-order valence-electron chi connectivity index (χ0n) is 14.7. The fourth-order valence-corrected chi connectivity index (χ4v) is 5.23. The Morgan fingerprint density at radius 3 is 3.04 bits per heavy atom. The summed E-state index contributed by atoms with van der Waals surface area (Å²) in [6.07, 6.45) is 4.49. The number of thiophene rings is 1. The van der Waals surface area contributed by atoms with Crippen molar-refractivity contribution in [3.8, 4) is 0 Å². The van der Waals surface area contributed by atoms with Crippen molar-refractivity contribution < 1.29 is 9.53 Å². The molecule has 6 nitrogen and oxygen atoms in total. The topological polar surface area (TPSA) is 73.6 Å². The Bertz CT molecular complexity index is 1030. The van der Waals surface area contributed by atoms with Crippen molar-refractivity contribution in [2.45, 2.75) is 46.1 Å². The normalized spacial score (nSPS) is 16.6. The molecular weight excluding hydrogens is 370 g/mol. The number of carbonyl (C=O) groups is 1. The van der Waals surface area contributed by atoms with Gasteiger partial charge in [-0.3, -0.25) is 4.79 Å². The fourth-order valence-electron chi connectivity index (χ4n) is 3.26. The molecule has 26 heavy (non-hydrogen) atoms. The zero-order chi connectivity index (χ0) is 18.3. The number of hydrogen-bond donors (Lipinski definition) is 0. The molecule has 0 amide bonds. The lowest BCUT2D eigenvalue weighted by Crippen LogP contribution is -2.14. The molecule has 0 N–H and O–H groups in total. The first-order valence-corrected chi connectivity index (χ1v) is 10.3. The number of aromatic nitrogens is 3. The van der Waals surface area contributed by atoms with Crippen LogP contribution >= 0.6 is 22.7 Å². The molecule has 8 heteroatoms. The van der Waals surface area contributed by atoms with Crippen molar-refractivity contribution in [1.29, 1.82) is 0 Å². The largest absolute Gasteiger partial charge is 0.454 e. The number of aryl methyl sites for hydroxylation is 2. The van der Waals surface area contributed by atoms with Gasteiger partial charge in [0, 0.05) is 16.6 Å². The molecule has 0 unspecified atom stereocenters. The van der Waals surface area contributed by atoms with Gasteiger partial charge in [-0.1, -0.05) is 24.7 Å². The van der Waals surface area contributed by atoms with Gasteiger partial charge in [0.25, 0.3) is 5.56 Å². The molecule has 0 aromatic carbocycles. The molecule has 0 bridgehead atoms. The summed E-state index contributed by atoms with van der Waals surface area (Å²) in [5, 5.41) is 4.75. The minimum absolute atomic E-state index is 0.0471. The molecule has 1 atom stereocenters. The van der Waals surface area contributed by atoms with Crippen LogP contribution in [0, 0.1) is 12.8 Å². The number of rotatable bonds is 4. The van der Waals surface area contributed by atoms with Gasteiger partial charge in [-0.25, -0.2) is 9.78 Å². The first-order chi connectivity index (χ1) is 12.5. The Balaban J connectivity index is 1.47. The van der Waals surface area contributed by atoms with E-state index in [-0.39, 0.29) is 18.1 Å². The van der Waals surface area contributed by atoms with Crippen LogP contribution < -0.4 is 5.56 Å². The highest BCUT2D eigenvalue weighted by atomic mass is 32.1. The number of esters is 1. The monoisotopic (exact) mass is 389 g/mol. The van der Waals surface area contributed by atoms with E-state index in [0.717, 1.165) is 18.8 Å². The molecule has 0 aliphatic heterocycles. The van der Waals surface area contributed by atoms with Gasteiger partial charge in [-0.05, 0) is 43.7 Å². The van der Waals surface area contributed by atoms with E-state index in [1.807, 2.05) is 6.07 Å². The first-order valence-electron chi connectivity index (χ1n) is 8.68. The minimum atomic E-state index is -0.326. The summed E-state index contributed by atoms with van der Waals surface area (Å²) in [5.41, 5.74) is 1.72. The van der Waals surface area contributed by atoms with E-state index in [4.69, 9.17) is 4.74 Å². The fraction of sp³-hybridized carbons (Fsp3) is 0.444.